The van der Waals surface area contributed by atoms with Gasteiger partial charge in [0.25, 0.3) is 0 Å². The van der Waals surface area contributed by atoms with E-state index >= 15 is 0 Å². The minimum Gasteiger partial charge on any atom is -0.349 e. The predicted octanol–water partition coefficient (Wildman–Crippen LogP) is 1.33. The Balaban J connectivity index is 2.41. The molecule has 2 atom stereocenters. The van der Waals surface area contributed by atoms with E-state index in [0.717, 1.165) is 0 Å². The summed E-state index contributed by atoms with van der Waals surface area (Å²) in [6.45, 7) is 4.38. The third-order valence-electron chi connectivity index (χ3n) is 2.26. The Labute approximate surface area is 58.9 Å². The van der Waals surface area contributed by atoms with Gasteiger partial charge in [0.05, 0.1) is 0 Å². The summed E-state index contributed by atoms with van der Waals surface area (Å²) in [5, 5.41) is 0. The molecule has 1 rings (SSSR count). The molecule has 1 nitrogen and oxygen atoms in total. The number of rotatable bonds is 0. The van der Waals surface area contributed by atoms with Crippen LogP contribution in [0.1, 0.15) is 33.1 Å². The van der Waals surface area contributed by atoms with Crippen molar-refractivity contribution >= 4 is 7.98 Å². The molecule has 0 aromatic rings. The van der Waals surface area contributed by atoms with E-state index in [9.17, 15) is 0 Å². The quantitative estimate of drug-likeness (QED) is 0.439. The number of nitrogens with zero attached hydrogens (tertiary/aromatic N) is 1. The van der Waals surface area contributed by atoms with E-state index in [1.807, 2.05) is 4.81 Å². The molecular formula is C7H14BN. The lowest BCUT2D eigenvalue weighted by Crippen LogP contribution is -2.41. The van der Waals surface area contributed by atoms with E-state index < -0.39 is 0 Å². The Morgan fingerprint density at radius 2 is 1.67 bits per heavy atom. The van der Waals surface area contributed by atoms with Crippen molar-refractivity contribution < 1.29 is 0 Å². The molecule has 2 unspecified atom stereocenters. The number of piperidine rings is 1. The van der Waals surface area contributed by atoms with Gasteiger partial charge in [-0.25, -0.2) is 0 Å². The molecule has 0 bridgehead atoms. The molecule has 1 saturated heterocycles. The molecule has 1 heterocycles. The lowest BCUT2D eigenvalue weighted by Gasteiger charge is -2.36. The third-order valence-corrected chi connectivity index (χ3v) is 2.26. The zero-order valence-electron chi connectivity index (χ0n) is 6.30. The SMILES string of the molecule is [B]N1C(C)CCCC1C. The second kappa shape index (κ2) is 2.74. The second-order valence-corrected chi connectivity index (χ2v) is 3.08. The van der Waals surface area contributed by atoms with Crippen LogP contribution in [0.25, 0.3) is 0 Å². The molecule has 1 aliphatic heterocycles. The minimum absolute atomic E-state index is 0.591. The van der Waals surface area contributed by atoms with Crippen LogP contribution >= 0.6 is 0 Å². The maximum Gasteiger partial charge on any atom is 0.183 e. The van der Waals surface area contributed by atoms with Crippen molar-refractivity contribution in [2.45, 2.75) is 45.2 Å². The Morgan fingerprint density at radius 3 is 2.00 bits per heavy atom. The van der Waals surface area contributed by atoms with Gasteiger partial charge in [0.1, 0.15) is 0 Å². The molecule has 0 aromatic carbocycles. The maximum absolute atomic E-state index is 5.76. The summed E-state index contributed by atoms with van der Waals surface area (Å²) < 4.78 is 0. The van der Waals surface area contributed by atoms with Crippen LogP contribution in [-0.2, 0) is 0 Å². The van der Waals surface area contributed by atoms with E-state index in [0.29, 0.717) is 12.1 Å². The molecule has 0 aliphatic carbocycles. The first-order valence-corrected chi connectivity index (χ1v) is 3.75. The van der Waals surface area contributed by atoms with Gasteiger partial charge in [-0.1, -0.05) is 20.3 Å². The van der Waals surface area contributed by atoms with Crippen molar-refractivity contribution in [3.8, 4) is 0 Å². The summed E-state index contributed by atoms with van der Waals surface area (Å²) in [6, 6.07) is 1.18. The van der Waals surface area contributed by atoms with Crippen LogP contribution in [0, 0.1) is 0 Å². The summed E-state index contributed by atoms with van der Waals surface area (Å²) in [7, 11) is 5.76. The van der Waals surface area contributed by atoms with Crippen LogP contribution in [0.3, 0.4) is 0 Å². The number of hydrogen-bond acceptors (Lipinski definition) is 1. The average molecular weight is 123 g/mol. The lowest BCUT2D eigenvalue weighted by atomic mass is 9.94. The van der Waals surface area contributed by atoms with Gasteiger partial charge in [-0.2, -0.15) is 0 Å². The summed E-state index contributed by atoms with van der Waals surface area (Å²) in [6.07, 6.45) is 3.87. The van der Waals surface area contributed by atoms with E-state index in [1.54, 1.807) is 0 Å². The van der Waals surface area contributed by atoms with E-state index in [4.69, 9.17) is 7.98 Å². The third kappa shape index (κ3) is 1.48. The fourth-order valence-electron chi connectivity index (χ4n) is 1.44. The first kappa shape index (κ1) is 7.14. The zero-order valence-corrected chi connectivity index (χ0v) is 6.30. The maximum atomic E-state index is 5.76. The molecule has 50 valence electrons. The second-order valence-electron chi connectivity index (χ2n) is 3.08. The first-order chi connectivity index (χ1) is 4.22. The van der Waals surface area contributed by atoms with Crippen molar-refractivity contribution in [1.29, 1.82) is 0 Å². The average Bonchev–Trinajstić information content (AvgIpc) is 1.83. The number of hydrogen-bond donors (Lipinski definition) is 0. The normalized spacial score (nSPS) is 38.9. The smallest absolute Gasteiger partial charge is 0.183 e. The molecule has 2 radical (unpaired) electrons. The van der Waals surface area contributed by atoms with Gasteiger partial charge in [-0.05, 0) is 24.9 Å². The summed E-state index contributed by atoms with van der Waals surface area (Å²) in [4.78, 5) is 1.98. The molecule has 0 spiro atoms. The van der Waals surface area contributed by atoms with Gasteiger partial charge in [0.15, 0.2) is 7.98 Å². The summed E-state index contributed by atoms with van der Waals surface area (Å²) in [5.41, 5.74) is 0. The van der Waals surface area contributed by atoms with Crippen LogP contribution in [-0.4, -0.2) is 24.9 Å². The standard InChI is InChI=1S/C7H14BN/c1-6-4-3-5-7(2)9(6)8/h6-7H,3-5H2,1-2H3. The van der Waals surface area contributed by atoms with Gasteiger partial charge < -0.3 is 4.81 Å². The highest BCUT2D eigenvalue weighted by molar-refractivity contribution is 6.04. The molecule has 1 fully saturated rings. The summed E-state index contributed by atoms with van der Waals surface area (Å²) in [5.74, 6) is 0. The molecule has 0 saturated carbocycles. The molecule has 0 amide bonds. The molecule has 2 heteroatoms. The van der Waals surface area contributed by atoms with Crippen LogP contribution in [0.2, 0.25) is 0 Å². The highest BCUT2D eigenvalue weighted by atomic mass is 15.1. The lowest BCUT2D eigenvalue weighted by molar-refractivity contribution is 0.211. The van der Waals surface area contributed by atoms with Crippen molar-refractivity contribution in [2.75, 3.05) is 0 Å². The van der Waals surface area contributed by atoms with Crippen LogP contribution in [0.15, 0.2) is 0 Å². The Bertz CT molecular complexity index is 84.9. The van der Waals surface area contributed by atoms with E-state index in [1.165, 1.54) is 19.3 Å². The van der Waals surface area contributed by atoms with Gasteiger partial charge in [-0.3, -0.25) is 0 Å². The van der Waals surface area contributed by atoms with Gasteiger partial charge >= 0.3 is 0 Å². The Morgan fingerprint density at radius 1 is 1.22 bits per heavy atom. The molecule has 1 aliphatic rings. The highest BCUT2D eigenvalue weighted by Gasteiger charge is 2.19. The van der Waals surface area contributed by atoms with Gasteiger partial charge in [0, 0.05) is 0 Å². The van der Waals surface area contributed by atoms with Crippen molar-refractivity contribution in [2.24, 2.45) is 0 Å². The Kier molecular flexibility index (Phi) is 2.17. The van der Waals surface area contributed by atoms with Crippen LogP contribution in [0.4, 0.5) is 0 Å². The fourth-order valence-corrected chi connectivity index (χ4v) is 1.44. The molecule has 0 aromatic heterocycles. The van der Waals surface area contributed by atoms with Crippen molar-refractivity contribution in [3.63, 3.8) is 0 Å². The van der Waals surface area contributed by atoms with Gasteiger partial charge in [-0.15, -0.1) is 0 Å². The van der Waals surface area contributed by atoms with E-state index in [2.05, 4.69) is 13.8 Å². The molecular weight excluding hydrogens is 109 g/mol. The minimum atomic E-state index is 0.591. The monoisotopic (exact) mass is 123 g/mol. The fraction of sp³-hybridized carbons (Fsp3) is 1.00. The predicted molar refractivity (Wildman–Crippen MR) is 40.4 cm³/mol. The first-order valence-electron chi connectivity index (χ1n) is 3.75. The molecule has 0 N–H and O–H groups in total. The Hall–Kier alpha value is 0.0249. The van der Waals surface area contributed by atoms with Crippen LogP contribution in [0.5, 0.6) is 0 Å². The topological polar surface area (TPSA) is 3.24 Å². The van der Waals surface area contributed by atoms with Gasteiger partial charge in [0.2, 0.25) is 0 Å². The zero-order chi connectivity index (χ0) is 6.85. The van der Waals surface area contributed by atoms with Crippen molar-refractivity contribution in [1.82, 2.24) is 4.81 Å². The van der Waals surface area contributed by atoms with E-state index in [-0.39, 0.29) is 0 Å². The van der Waals surface area contributed by atoms with Crippen LogP contribution < -0.4 is 0 Å². The highest BCUT2D eigenvalue weighted by Crippen LogP contribution is 2.19. The molecule has 9 heavy (non-hydrogen) atoms. The van der Waals surface area contributed by atoms with Crippen molar-refractivity contribution in [3.05, 3.63) is 0 Å². The summed E-state index contributed by atoms with van der Waals surface area (Å²) >= 11 is 0. The largest absolute Gasteiger partial charge is 0.349 e.